The molecule has 0 aliphatic heterocycles. The van der Waals surface area contributed by atoms with E-state index in [1.54, 1.807) is 6.92 Å². The molecule has 21 heavy (non-hydrogen) atoms. The van der Waals surface area contributed by atoms with Crippen molar-refractivity contribution in [1.29, 1.82) is 0 Å². The average molecular weight is 290 g/mol. The molecule has 3 rings (SSSR count). The molecule has 0 unspecified atom stereocenters. The molecule has 0 saturated heterocycles. The number of esters is 1. The maximum absolute atomic E-state index is 12.3. The summed E-state index contributed by atoms with van der Waals surface area (Å²) in [5.41, 5.74) is 1.28. The molecule has 1 saturated carbocycles. The van der Waals surface area contributed by atoms with Crippen LogP contribution < -0.4 is 0 Å². The fraction of sp³-hybridized carbons (Fsp3) is 0.647. The molecule has 2 aliphatic carbocycles. The topological polar surface area (TPSA) is 56.5 Å². The Morgan fingerprint density at radius 1 is 1.10 bits per heavy atom. The zero-order valence-electron chi connectivity index (χ0n) is 12.6. The van der Waals surface area contributed by atoms with Crippen molar-refractivity contribution >= 4 is 11.8 Å². The van der Waals surface area contributed by atoms with Gasteiger partial charge >= 0.3 is 5.97 Å². The second-order valence-corrected chi connectivity index (χ2v) is 6.15. The van der Waals surface area contributed by atoms with Crippen LogP contribution in [0.4, 0.5) is 0 Å². The first-order chi connectivity index (χ1) is 10.2. The van der Waals surface area contributed by atoms with E-state index in [1.807, 2.05) is 0 Å². The van der Waals surface area contributed by atoms with Crippen LogP contribution in [0, 0.1) is 6.92 Å². The van der Waals surface area contributed by atoms with Gasteiger partial charge in [0.1, 0.15) is 11.9 Å². The highest BCUT2D eigenvalue weighted by Gasteiger charge is 2.30. The van der Waals surface area contributed by atoms with E-state index in [0.717, 1.165) is 38.5 Å². The minimum Gasteiger partial charge on any atom is -0.457 e. The van der Waals surface area contributed by atoms with Crippen LogP contribution in [0.1, 0.15) is 83.6 Å². The van der Waals surface area contributed by atoms with Crippen molar-refractivity contribution in [2.75, 3.05) is 0 Å². The molecular weight excluding hydrogens is 268 g/mol. The number of furan rings is 1. The number of aryl methyl sites for hydroxylation is 1. The Morgan fingerprint density at radius 3 is 2.48 bits per heavy atom. The number of ether oxygens (including phenoxy) is 1. The Balaban J connectivity index is 1.77. The van der Waals surface area contributed by atoms with Crippen LogP contribution in [0.3, 0.4) is 0 Å². The lowest BCUT2D eigenvalue weighted by Gasteiger charge is -2.14. The lowest BCUT2D eigenvalue weighted by Crippen LogP contribution is -2.18. The normalized spacial score (nSPS) is 20.0. The lowest BCUT2D eigenvalue weighted by molar-refractivity contribution is 0.0229. The molecule has 0 N–H and O–H groups in total. The summed E-state index contributed by atoms with van der Waals surface area (Å²) in [6.07, 6.45) is 8.62. The Hall–Kier alpha value is -1.58. The van der Waals surface area contributed by atoms with E-state index in [-0.39, 0.29) is 17.6 Å². The van der Waals surface area contributed by atoms with Gasteiger partial charge in [-0.1, -0.05) is 12.8 Å². The van der Waals surface area contributed by atoms with E-state index >= 15 is 0 Å². The number of carbonyl (C=O) groups excluding carboxylic acids is 2. The molecule has 4 nitrogen and oxygen atoms in total. The number of ketones is 1. The zero-order chi connectivity index (χ0) is 14.8. The van der Waals surface area contributed by atoms with E-state index in [4.69, 9.17) is 9.15 Å². The zero-order valence-corrected chi connectivity index (χ0v) is 12.6. The monoisotopic (exact) mass is 290 g/mol. The van der Waals surface area contributed by atoms with Crippen molar-refractivity contribution < 1.29 is 18.7 Å². The summed E-state index contributed by atoms with van der Waals surface area (Å²) in [4.78, 5) is 24.3. The highest BCUT2D eigenvalue weighted by Crippen LogP contribution is 2.30. The smallest absolute Gasteiger partial charge is 0.374 e. The van der Waals surface area contributed by atoms with Gasteiger partial charge in [-0.15, -0.1) is 0 Å². The lowest BCUT2D eigenvalue weighted by atomic mass is 9.94. The molecule has 2 aliphatic rings. The second-order valence-electron chi connectivity index (χ2n) is 6.15. The summed E-state index contributed by atoms with van der Waals surface area (Å²) in [6, 6.07) is 0. The predicted octanol–water partition coefficient (Wildman–Crippen LogP) is 3.99. The highest BCUT2D eigenvalue weighted by atomic mass is 16.6. The van der Waals surface area contributed by atoms with Gasteiger partial charge in [0.25, 0.3) is 0 Å². The number of rotatable bonds is 2. The molecule has 0 atom stereocenters. The summed E-state index contributed by atoms with van der Waals surface area (Å²) in [5.74, 6) is 0.587. The fourth-order valence-electron chi connectivity index (χ4n) is 3.41. The van der Waals surface area contributed by atoms with Crippen molar-refractivity contribution in [1.82, 2.24) is 0 Å². The van der Waals surface area contributed by atoms with E-state index < -0.39 is 5.97 Å². The minimum atomic E-state index is -0.401. The number of fused-ring (bicyclic) bond motifs is 1. The van der Waals surface area contributed by atoms with Crippen molar-refractivity contribution in [3.8, 4) is 0 Å². The maximum atomic E-state index is 12.3. The summed E-state index contributed by atoms with van der Waals surface area (Å²) in [6.45, 7) is 1.79. The first kappa shape index (κ1) is 14.4. The van der Waals surface area contributed by atoms with Crippen molar-refractivity contribution in [3.63, 3.8) is 0 Å². The van der Waals surface area contributed by atoms with E-state index in [0.29, 0.717) is 23.3 Å². The molecule has 1 fully saturated rings. The SMILES string of the molecule is Cc1c(C(=O)OC2CCCCCC2)oc2c1C(=O)CCC2. The Morgan fingerprint density at radius 2 is 1.81 bits per heavy atom. The first-order valence-corrected chi connectivity index (χ1v) is 8.03. The van der Waals surface area contributed by atoms with Crippen LogP contribution in [0.15, 0.2) is 4.42 Å². The second kappa shape index (κ2) is 6.04. The third-order valence-electron chi connectivity index (χ3n) is 4.57. The van der Waals surface area contributed by atoms with Crippen molar-refractivity contribution in [3.05, 3.63) is 22.6 Å². The molecule has 0 radical (unpaired) electrons. The fourth-order valence-corrected chi connectivity index (χ4v) is 3.41. The first-order valence-electron chi connectivity index (χ1n) is 8.03. The van der Waals surface area contributed by atoms with Gasteiger partial charge in [-0.05, 0) is 39.0 Å². The summed E-state index contributed by atoms with van der Waals surface area (Å²) in [5, 5.41) is 0. The number of carbonyl (C=O) groups is 2. The van der Waals surface area contributed by atoms with Gasteiger partial charge in [0, 0.05) is 18.4 Å². The molecule has 114 valence electrons. The van der Waals surface area contributed by atoms with E-state index in [2.05, 4.69) is 0 Å². The molecule has 4 heteroatoms. The number of hydrogen-bond acceptors (Lipinski definition) is 4. The van der Waals surface area contributed by atoms with Crippen LogP contribution >= 0.6 is 0 Å². The van der Waals surface area contributed by atoms with Gasteiger partial charge in [-0.3, -0.25) is 4.79 Å². The van der Waals surface area contributed by atoms with Crippen molar-refractivity contribution in [2.24, 2.45) is 0 Å². The molecular formula is C17H22O4. The quantitative estimate of drug-likeness (QED) is 0.610. The molecule has 0 spiro atoms. The van der Waals surface area contributed by atoms with Crippen LogP contribution in [-0.2, 0) is 11.2 Å². The Labute approximate surface area is 124 Å². The maximum Gasteiger partial charge on any atom is 0.374 e. The molecule has 1 aromatic rings. The molecule has 1 heterocycles. The third kappa shape index (κ3) is 2.89. The minimum absolute atomic E-state index is 0.00257. The van der Waals surface area contributed by atoms with Crippen LogP contribution in [0.25, 0.3) is 0 Å². The van der Waals surface area contributed by atoms with E-state index in [1.165, 1.54) is 12.8 Å². The Kier molecular flexibility index (Phi) is 4.13. The van der Waals surface area contributed by atoms with E-state index in [9.17, 15) is 9.59 Å². The van der Waals surface area contributed by atoms with Gasteiger partial charge in [0.2, 0.25) is 5.76 Å². The van der Waals surface area contributed by atoms with Gasteiger partial charge in [-0.2, -0.15) is 0 Å². The molecule has 1 aromatic heterocycles. The molecule has 0 amide bonds. The van der Waals surface area contributed by atoms with Gasteiger partial charge < -0.3 is 9.15 Å². The standard InChI is InChI=1S/C17H22O4/c1-11-15-13(18)9-6-10-14(15)21-16(11)17(19)20-12-7-4-2-3-5-8-12/h12H,2-10H2,1H3. The van der Waals surface area contributed by atoms with Crippen LogP contribution in [-0.4, -0.2) is 17.9 Å². The van der Waals surface area contributed by atoms with Crippen molar-refractivity contribution in [2.45, 2.75) is 70.8 Å². The summed E-state index contributed by atoms with van der Waals surface area (Å²) in [7, 11) is 0. The Bertz CT molecular complexity index is 547. The van der Waals surface area contributed by atoms with Crippen LogP contribution in [0.2, 0.25) is 0 Å². The predicted molar refractivity (Wildman–Crippen MR) is 77.6 cm³/mol. The third-order valence-corrected chi connectivity index (χ3v) is 4.57. The van der Waals surface area contributed by atoms with Gasteiger partial charge in [0.05, 0.1) is 5.56 Å². The van der Waals surface area contributed by atoms with Gasteiger partial charge in [0.15, 0.2) is 5.78 Å². The summed E-state index contributed by atoms with van der Waals surface area (Å²) < 4.78 is 11.3. The highest BCUT2D eigenvalue weighted by molar-refractivity contribution is 6.02. The van der Waals surface area contributed by atoms with Gasteiger partial charge in [-0.25, -0.2) is 4.79 Å². The number of hydrogen-bond donors (Lipinski definition) is 0. The molecule has 0 bridgehead atoms. The summed E-state index contributed by atoms with van der Waals surface area (Å²) >= 11 is 0. The largest absolute Gasteiger partial charge is 0.457 e. The molecule has 0 aromatic carbocycles. The van der Waals surface area contributed by atoms with Crippen LogP contribution in [0.5, 0.6) is 0 Å². The average Bonchev–Trinajstić information content (AvgIpc) is 2.64. The number of Topliss-reactive ketones (excluding diaryl/α,β-unsaturated/α-hetero) is 1.